The van der Waals surface area contributed by atoms with E-state index in [2.05, 4.69) is 0 Å². The lowest BCUT2D eigenvalue weighted by Gasteiger charge is -2.36. The number of rotatable bonds is 2. The lowest BCUT2D eigenvalue weighted by molar-refractivity contribution is -0.137. The Bertz CT molecular complexity index is 291. The normalized spacial score (nSPS) is 16.9. The third-order valence-electron chi connectivity index (χ3n) is 2.64. The van der Waals surface area contributed by atoms with Crippen molar-refractivity contribution in [2.45, 2.75) is 26.3 Å². The highest BCUT2D eigenvalue weighted by atomic mass is 16.6. The van der Waals surface area contributed by atoms with Gasteiger partial charge in [-0.15, -0.1) is 0 Å². The number of hydrogen-bond acceptors (Lipinski definition) is 4. The molecule has 0 aromatic carbocycles. The highest BCUT2D eigenvalue weighted by molar-refractivity contribution is 5.85. The van der Waals surface area contributed by atoms with E-state index in [4.69, 9.17) is 10.5 Å². The van der Waals surface area contributed by atoms with Crippen LogP contribution in [0.25, 0.3) is 0 Å². The van der Waals surface area contributed by atoms with Crippen molar-refractivity contribution in [2.24, 2.45) is 5.73 Å². The summed E-state index contributed by atoms with van der Waals surface area (Å²) in [5, 5.41) is 0. The molecule has 6 heteroatoms. The Morgan fingerprint density at radius 3 is 2.06 bits per heavy atom. The number of nitrogens with zero attached hydrogens (tertiary/aromatic N) is 2. The number of piperazine rings is 1. The molecule has 1 aliphatic heterocycles. The van der Waals surface area contributed by atoms with Gasteiger partial charge in [0, 0.05) is 26.2 Å². The SMILES string of the molecule is CCOC(=O)N1CCN(C(=O)C(C)(C)N)CC1. The van der Waals surface area contributed by atoms with Gasteiger partial charge in [0.2, 0.25) is 5.91 Å². The summed E-state index contributed by atoms with van der Waals surface area (Å²) in [6.07, 6.45) is -0.313. The van der Waals surface area contributed by atoms with E-state index in [-0.39, 0.29) is 12.0 Å². The molecule has 0 radical (unpaired) electrons. The highest BCUT2D eigenvalue weighted by Crippen LogP contribution is 2.09. The van der Waals surface area contributed by atoms with Gasteiger partial charge in [0.25, 0.3) is 0 Å². The summed E-state index contributed by atoms with van der Waals surface area (Å²) in [6.45, 7) is 7.54. The monoisotopic (exact) mass is 243 g/mol. The molecule has 17 heavy (non-hydrogen) atoms. The Morgan fingerprint density at radius 2 is 1.65 bits per heavy atom. The number of hydrogen-bond donors (Lipinski definition) is 1. The molecule has 0 spiro atoms. The summed E-state index contributed by atoms with van der Waals surface area (Å²) in [4.78, 5) is 26.6. The van der Waals surface area contributed by atoms with Gasteiger partial charge in [0.05, 0.1) is 12.1 Å². The molecule has 0 aliphatic carbocycles. The van der Waals surface area contributed by atoms with E-state index >= 15 is 0 Å². The van der Waals surface area contributed by atoms with E-state index in [1.165, 1.54) is 0 Å². The number of carbonyl (C=O) groups is 2. The van der Waals surface area contributed by atoms with Crippen LogP contribution in [0.5, 0.6) is 0 Å². The number of ether oxygens (including phenoxy) is 1. The smallest absolute Gasteiger partial charge is 0.409 e. The van der Waals surface area contributed by atoms with Crippen molar-refractivity contribution in [1.29, 1.82) is 0 Å². The average Bonchev–Trinajstić information content (AvgIpc) is 2.27. The fourth-order valence-electron chi connectivity index (χ4n) is 1.71. The van der Waals surface area contributed by atoms with Gasteiger partial charge in [-0.1, -0.05) is 0 Å². The topological polar surface area (TPSA) is 75.9 Å². The lowest BCUT2D eigenvalue weighted by atomic mass is 10.1. The molecule has 1 aliphatic rings. The van der Waals surface area contributed by atoms with E-state index in [1.54, 1.807) is 30.6 Å². The molecule has 0 bridgehead atoms. The van der Waals surface area contributed by atoms with E-state index in [9.17, 15) is 9.59 Å². The molecular formula is C11H21N3O3. The molecule has 2 N–H and O–H groups in total. The predicted octanol–water partition coefficient (Wildman–Crippen LogP) is 0.0244. The first-order chi connectivity index (χ1) is 7.86. The Morgan fingerprint density at radius 1 is 1.18 bits per heavy atom. The van der Waals surface area contributed by atoms with Crippen LogP contribution in [0, 0.1) is 0 Å². The summed E-state index contributed by atoms with van der Waals surface area (Å²) in [5.74, 6) is -0.0824. The van der Waals surface area contributed by atoms with Gasteiger partial charge in [-0.05, 0) is 20.8 Å². The minimum absolute atomic E-state index is 0.0824. The van der Waals surface area contributed by atoms with Crippen molar-refractivity contribution in [3.63, 3.8) is 0 Å². The summed E-state index contributed by atoms with van der Waals surface area (Å²) >= 11 is 0. The second-order valence-corrected chi connectivity index (χ2v) is 4.70. The van der Waals surface area contributed by atoms with Crippen LogP contribution in [0.15, 0.2) is 0 Å². The lowest BCUT2D eigenvalue weighted by Crippen LogP contribution is -2.57. The van der Waals surface area contributed by atoms with Crippen molar-refractivity contribution in [3.8, 4) is 0 Å². The third-order valence-corrected chi connectivity index (χ3v) is 2.64. The summed E-state index contributed by atoms with van der Waals surface area (Å²) in [5.41, 5.74) is 4.90. The summed E-state index contributed by atoms with van der Waals surface area (Å²) in [6, 6.07) is 0. The van der Waals surface area contributed by atoms with Gasteiger partial charge in [-0.25, -0.2) is 4.79 Å². The minimum atomic E-state index is -0.855. The average molecular weight is 243 g/mol. The molecule has 1 saturated heterocycles. The Kier molecular flexibility index (Phi) is 4.34. The van der Waals surface area contributed by atoms with Crippen molar-refractivity contribution >= 4 is 12.0 Å². The van der Waals surface area contributed by atoms with E-state index in [0.29, 0.717) is 32.8 Å². The van der Waals surface area contributed by atoms with Gasteiger partial charge in [0.1, 0.15) is 0 Å². The molecule has 1 rings (SSSR count). The molecule has 98 valence electrons. The van der Waals surface area contributed by atoms with Gasteiger partial charge in [-0.2, -0.15) is 0 Å². The van der Waals surface area contributed by atoms with Gasteiger partial charge in [-0.3, -0.25) is 4.79 Å². The molecule has 1 heterocycles. The van der Waals surface area contributed by atoms with Gasteiger partial charge in [0.15, 0.2) is 0 Å². The Balaban J connectivity index is 2.46. The number of amides is 2. The molecule has 6 nitrogen and oxygen atoms in total. The zero-order valence-corrected chi connectivity index (χ0v) is 10.7. The second kappa shape index (κ2) is 5.35. The second-order valence-electron chi connectivity index (χ2n) is 4.70. The van der Waals surface area contributed by atoms with Crippen molar-refractivity contribution in [1.82, 2.24) is 9.80 Å². The maximum absolute atomic E-state index is 11.9. The maximum atomic E-state index is 11.9. The fourth-order valence-corrected chi connectivity index (χ4v) is 1.71. The van der Waals surface area contributed by atoms with Gasteiger partial charge >= 0.3 is 6.09 Å². The summed E-state index contributed by atoms with van der Waals surface area (Å²) < 4.78 is 4.90. The third kappa shape index (κ3) is 3.59. The predicted molar refractivity (Wildman–Crippen MR) is 63.4 cm³/mol. The van der Waals surface area contributed by atoms with Crippen LogP contribution in [0.3, 0.4) is 0 Å². The standard InChI is InChI=1S/C11H21N3O3/c1-4-17-10(16)14-7-5-13(6-8-14)9(15)11(2,3)12/h4-8,12H2,1-3H3. The van der Waals surface area contributed by atoms with Crippen molar-refractivity contribution in [2.75, 3.05) is 32.8 Å². The van der Waals surface area contributed by atoms with Crippen LogP contribution in [0.4, 0.5) is 4.79 Å². The van der Waals surface area contributed by atoms with Crippen LogP contribution >= 0.6 is 0 Å². The first kappa shape index (κ1) is 13.8. The van der Waals surface area contributed by atoms with Crippen molar-refractivity contribution < 1.29 is 14.3 Å². The maximum Gasteiger partial charge on any atom is 0.409 e. The van der Waals surface area contributed by atoms with Crippen LogP contribution < -0.4 is 5.73 Å². The Labute approximate surface area is 102 Å². The fraction of sp³-hybridized carbons (Fsp3) is 0.818. The quantitative estimate of drug-likeness (QED) is 0.742. The van der Waals surface area contributed by atoms with E-state index < -0.39 is 5.54 Å². The van der Waals surface area contributed by atoms with Gasteiger partial charge < -0.3 is 20.3 Å². The molecule has 0 saturated carbocycles. The zero-order valence-electron chi connectivity index (χ0n) is 10.7. The summed E-state index contributed by atoms with van der Waals surface area (Å²) in [7, 11) is 0. The molecule has 0 unspecified atom stereocenters. The molecule has 0 aromatic rings. The number of carbonyl (C=O) groups excluding carboxylic acids is 2. The van der Waals surface area contributed by atoms with Crippen LogP contribution in [0.1, 0.15) is 20.8 Å². The largest absolute Gasteiger partial charge is 0.450 e. The minimum Gasteiger partial charge on any atom is -0.450 e. The molecule has 1 fully saturated rings. The van der Waals surface area contributed by atoms with E-state index in [0.717, 1.165) is 0 Å². The first-order valence-electron chi connectivity index (χ1n) is 5.86. The van der Waals surface area contributed by atoms with Crippen LogP contribution in [0.2, 0.25) is 0 Å². The van der Waals surface area contributed by atoms with Crippen LogP contribution in [-0.4, -0.2) is 60.1 Å². The molecule has 2 amide bonds. The number of nitrogens with two attached hydrogens (primary N) is 1. The highest BCUT2D eigenvalue weighted by Gasteiger charge is 2.31. The van der Waals surface area contributed by atoms with Crippen molar-refractivity contribution in [3.05, 3.63) is 0 Å². The zero-order chi connectivity index (χ0) is 13.1. The first-order valence-corrected chi connectivity index (χ1v) is 5.86. The van der Waals surface area contributed by atoms with Crippen LogP contribution in [-0.2, 0) is 9.53 Å². The Hall–Kier alpha value is -1.30. The molecule has 0 atom stereocenters. The molecular weight excluding hydrogens is 222 g/mol. The van der Waals surface area contributed by atoms with E-state index in [1.807, 2.05) is 0 Å². The molecule has 0 aromatic heterocycles.